The standard InChI is InChI=1S/C24H24O7/c1-14-12-21(29-4)15(2)11-17(14)13-19(22(24(26)27)20-9-10-30-31-20)23(25)16-5-7-18(28-3)8-6-16/h5-9,11-12H,10,13H2,1-4H3,(H,26,27). The lowest BCUT2D eigenvalue weighted by molar-refractivity contribution is -0.231. The number of ether oxygens (including phenoxy) is 2. The molecule has 7 heteroatoms. The van der Waals surface area contributed by atoms with Gasteiger partial charge in [0.2, 0.25) is 0 Å². The summed E-state index contributed by atoms with van der Waals surface area (Å²) in [5.41, 5.74) is 2.80. The molecule has 2 aromatic rings. The van der Waals surface area contributed by atoms with Gasteiger partial charge in [-0.3, -0.25) is 4.79 Å². The van der Waals surface area contributed by atoms with E-state index in [1.54, 1.807) is 31.4 Å². The first-order valence-electron chi connectivity index (χ1n) is 9.65. The number of hydrogen-bond acceptors (Lipinski definition) is 6. The first-order valence-corrected chi connectivity index (χ1v) is 9.65. The average molecular weight is 424 g/mol. The minimum absolute atomic E-state index is 0.0206. The zero-order valence-corrected chi connectivity index (χ0v) is 17.9. The van der Waals surface area contributed by atoms with E-state index in [2.05, 4.69) is 0 Å². The lowest BCUT2D eigenvalue weighted by atomic mass is 9.89. The van der Waals surface area contributed by atoms with Gasteiger partial charge in [-0.15, -0.1) is 0 Å². The maximum atomic E-state index is 13.5. The highest BCUT2D eigenvalue weighted by Crippen LogP contribution is 2.30. The van der Waals surface area contributed by atoms with Crippen LogP contribution in [0.5, 0.6) is 11.5 Å². The molecule has 0 amide bonds. The Labute approximate surface area is 180 Å². The third kappa shape index (κ3) is 4.78. The van der Waals surface area contributed by atoms with E-state index in [4.69, 9.17) is 19.2 Å². The number of allylic oxidation sites excluding steroid dienone is 1. The van der Waals surface area contributed by atoms with Gasteiger partial charge in [0.05, 0.1) is 14.2 Å². The summed E-state index contributed by atoms with van der Waals surface area (Å²) in [4.78, 5) is 35.5. The van der Waals surface area contributed by atoms with Crippen LogP contribution in [0.3, 0.4) is 0 Å². The van der Waals surface area contributed by atoms with Crippen LogP contribution in [0.1, 0.15) is 27.0 Å². The summed E-state index contributed by atoms with van der Waals surface area (Å²) in [6, 6.07) is 10.3. The van der Waals surface area contributed by atoms with Gasteiger partial charge >= 0.3 is 5.97 Å². The highest BCUT2D eigenvalue weighted by molar-refractivity contribution is 6.14. The Hall–Kier alpha value is -3.58. The number of ketones is 1. The van der Waals surface area contributed by atoms with E-state index >= 15 is 0 Å². The topological polar surface area (TPSA) is 91.3 Å². The van der Waals surface area contributed by atoms with Crippen LogP contribution in [0.2, 0.25) is 0 Å². The Balaban J connectivity index is 2.14. The lowest BCUT2D eigenvalue weighted by Gasteiger charge is -2.16. The molecule has 0 saturated heterocycles. The lowest BCUT2D eigenvalue weighted by Crippen LogP contribution is -2.17. The highest BCUT2D eigenvalue weighted by Gasteiger charge is 2.29. The largest absolute Gasteiger partial charge is 0.497 e. The van der Waals surface area contributed by atoms with Crippen molar-refractivity contribution < 1.29 is 33.9 Å². The van der Waals surface area contributed by atoms with Crippen molar-refractivity contribution in [1.82, 2.24) is 0 Å². The van der Waals surface area contributed by atoms with E-state index in [1.807, 2.05) is 26.0 Å². The molecular weight excluding hydrogens is 400 g/mol. The maximum absolute atomic E-state index is 13.5. The Morgan fingerprint density at radius 2 is 1.74 bits per heavy atom. The van der Waals surface area contributed by atoms with Crippen LogP contribution in [-0.4, -0.2) is 37.7 Å². The minimum Gasteiger partial charge on any atom is -0.497 e. The molecule has 0 aromatic heterocycles. The summed E-state index contributed by atoms with van der Waals surface area (Å²) >= 11 is 0. The monoisotopic (exact) mass is 424 g/mol. The molecule has 1 aliphatic heterocycles. The number of carboxylic acids is 1. The normalized spacial score (nSPS) is 13.7. The number of carbonyl (C=O) groups is 2. The molecule has 7 nitrogen and oxygen atoms in total. The van der Waals surface area contributed by atoms with Gasteiger partial charge in [-0.2, -0.15) is 4.89 Å². The molecular formula is C24H24O7. The van der Waals surface area contributed by atoms with Crippen molar-refractivity contribution in [3.8, 4) is 11.5 Å². The van der Waals surface area contributed by atoms with Gasteiger partial charge in [0, 0.05) is 17.6 Å². The molecule has 0 radical (unpaired) electrons. The number of rotatable bonds is 8. The average Bonchev–Trinajstić information content (AvgIpc) is 3.29. The number of hydrogen-bond donors (Lipinski definition) is 1. The predicted molar refractivity (Wildman–Crippen MR) is 113 cm³/mol. The first-order chi connectivity index (χ1) is 14.8. The Morgan fingerprint density at radius 1 is 1.03 bits per heavy atom. The number of aryl methyl sites for hydroxylation is 2. The van der Waals surface area contributed by atoms with Crippen LogP contribution in [0.15, 0.2) is 59.4 Å². The summed E-state index contributed by atoms with van der Waals surface area (Å²) in [5.74, 6) is -0.340. The third-order valence-electron chi connectivity index (χ3n) is 5.09. The fourth-order valence-corrected chi connectivity index (χ4v) is 3.42. The Kier molecular flexibility index (Phi) is 6.77. The highest BCUT2D eigenvalue weighted by atomic mass is 17.2. The van der Waals surface area contributed by atoms with Crippen molar-refractivity contribution in [3.05, 3.63) is 81.6 Å². The number of Topliss-reactive ketones (excluding diaryl/α,β-unsaturated/α-hetero) is 1. The predicted octanol–water partition coefficient (Wildman–Crippen LogP) is 3.97. The molecule has 31 heavy (non-hydrogen) atoms. The van der Waals surface area contributed by atoms with Crippen molar-refractivity contribution in [2.45, 2.75) is 20.3 Å². The smallest absolute Gasteiger partial charge is 0.340 e. The van der Waals surface area contributed by atoms with Crippen molar-refractivity contribution in [1.29, 1.82) is 0 Å². The maximum Gasteiger partial charge on any atom is 0.340 e. The molecule has 0 spiro atoms. The van der Waals surface area contributed by atoms with Gasteiger partial charge in [-0.05, 0) is 66.9 Å². The zero-order valence-electron chi connectivity index (χ0n) is 17.9. The molecule has 1 N–H and O–H groups in total. The van der Waals surface area contributed by atoms with Crippen LogP contribution in [0, 0.1) is 13.8 Å². The van der Waals surface area contributed by atoms with Crippen molar-refractivity contribution in [3.63, 3.8) is 0 Å². The number of aliphatic carboxylic acids is 1. The first kappa shape index (κ1) is 22.1. The fourth-order valence-electron chi connectivity index (χ4n) is 3.42. The van der Waals surface area contributed by atoms with E-state index in [0.717, 1.165) is 22.4 Å². The van der Waals surface area contributed by atoms with Gasteiger partial charge < -0.3 is 19.5 Å². The van der Waals surface area contributed by atoms with E-state index in [1.165, 1.54) is 13.2 Å². The molecule has 1 heterocycles. The van der Waals surface area contributed by atoms with Gasteiger partial charge in [-0.25, -0.2) is 4.79 Å². The number of carbonyl (C=O) groups excluding carboxylic acids is 1. The molecule has 0 unspecified atom stereocenters. The molecule has 2 aromatic carbocycles. The van der Waals surface area contributed by atoms with Gasteiger partial charge in [-0.1, -0.05) is 6.07 Å². The summed E-state index contributed by atoms with van der Waals surface area (Å²) in [6.45, 7) is 3.89. The third-order valence-corrected chi connectivity index (χ3v) is 5.09. The number of methoxy groups -OCH3 is 2. The van der Waals surface area contributed by atoms with E-state index < -0.39 is 11.8 Å². The Morgan fingerprint density at radius 3 is 2.29 bits per heavy atom. The van der Waals surface area contributed by atoms with Crippen LogP contribution in [0.4, 0.5) is 0 Å². The molecule has 0 fully saturated rings. The summed E-state index contributed by atoms with van der Waals surface area (Å²) in [7, 11) is 3.12. The van der Waals surface area contributed by atoms with E-state index in [9.17, 15) is 14.7 Å². The SMILES string of the molecule is COc1ccc(C(=O)C(Cc2cc(C)c(OC)cc2C)=C(C(=O)O)C2=CCOO2)cc1. The van der Waals surface area contributed by atoms with Crippen molar-refractivity contribution in [2.75, 3.05) is 20.8 Å². The molecule has 0 atom stereocenters. The summed E-state index contributed by atoms with van der Waals surface area (Å²) in [5, 5.41) is 9.94. The van der Waals surface area contributed by atoms with E-state index in [0.29, 0.717) is 11.3 Å². The van der Waals surface area contributed by atoms with Gasteiger partial charge in [0.15, 0.2) is 11.5 Å². The van der Waals surface area contributed by atoms with Crippen molar-refractivity contribution in [2.24, 2.45) is 0 Å². The summed E-state index contributed by atoms with van der Waals surface area (Å²) < 4.78 is 10.5. The molecule has 0 aliphatic carbocycles. The zero-order chi connectivity index (χ0) is 22.5. The van der Waals surface area contributed by atoms with Crippen LogP contribution >= 0.6 is 0 Å². The molecule has 162 valence electrons. The van der Waals surface area contributed by atoms with Crippen LogP contribution < -0.4 is 9.47 Å². The molecule has 0 bridgehead atoms. The van der Waals surface area contributed by atoms with Crippen LogP contribution in [-0.2, 0) is 21.0 Å². The van der Waals surface area contributed by atoms with Crippen LogP contribution in [0.25, 0.3) is 0 Å². The molecule has 3 rings (SSSR count). The van der Waals surface area contributed by atoms with E-state index in [-0.39, 0.29) is 29.9 Å². The second kappa shape index (κ2) is 9.49. The Bertz CT molecular complexity index is 1060. The summed E-state index contributed by atoms with van der Waals surface area (Å²) in [6.07, 6.45) is 1.60. The second-order valence-corrected chi connectivity index (χ2v) is 7.08. The van der Waals surface area contributed by atoms with Gasteiger partial charge in [0.25, 0.3) is 0 Å². The quantitative estimate of drug-likeness (QED) is 0.389. The molecule has 0 saturated carbocycles. The second-order valence-electron chi connectivity index (χ2n) is 7.08. The number of benzene rings is 2. The van der Waals surface area contributed by atoms with Crippen molar-refractivity contribution >= 4 is 11.8 Å². The fraction of sp³-hybridized carbons (Fsp3) is 0.250. The molecule has 1 aliphatic rings. The van der Waals surface area contributed by atoms with Gasteiger partial charge in [0.1, 0.15) is 23.7 Å². The minimum atomic E-state index is -1.27. The number of carboxylic acid groups (broad SMARTS) is 1.